The maximum atomic E-state index is 11.6. The molecule has 0 saturated heterocycles. The van der Waals surface area contributed by atoms with Crippen LogP contribution in [-0.2, 0) is 0 Å². The van der Waals surface area contributed by atoms with Gasteiger partial charge in [0.25, 0.3) is 0 Å². The lowest BCUT2D eigenvalue weighted by atomic mass is 10.3. The van der Waals surface area contributed by atoms with E-state index >= 15 is 0 Å². The van der Waals surface area contributed by atoms with Gasteiger partial charge in [-0.25, -0.2) is 4.79 Å². The van der Waals surface area contributed by atoms with Gasteiger partial charge in [-0.15, -0.1) is 0 Å². The van der Waals surface area contributed by atoms with Gasteiger partial charge in [-0.05, 0) is 30.4 Å². The fourth-order valence-corrected chi connectivity index (χ4v) is 2.62. The molecular weight excluding hydrogens is 307 g/mol. The standard InChI is InChI=1S/C12H16Cl2N2O2S/c13-9-6-10(14)8-11(7-9)16-12(18)15-2-5-19-4-1-3-17/h6-8,17H,1-5H2,(H2,15,16,18). The Balaban J connectivity index is 2.23. The van der Waals surface area contributed by atoms with Crippen LogP contribution in [0.3, 0.4) is 0 Å². The molecule has 2 amide bonds. The highest BCUT2D eigenvalue weighted by atomic mass is 35.5. The summed E-state index contributed by atoms with van der Waals surface area (Å²) in [7, 11) is 0. The molecule has 0 atom stereocenters. The zero-order valence-electron chi connectivity index (χ0n) is 10.3. The molecule has 3 N–H and O–H groups in total. The molecule has 0 aliphatic rings. The van der Waals surface area contributed by atoms with Gasteiger partial charge in [-0.1, -0.05) is 23.2 Å². The summed E-state index contributed by atoms with van der Waals surface area (Å²) in [6.07, 6.45) is 0.776. The summed E-state index contributed by atoms with van der Waals surface area (Å²) in [5, 5.41) is 14.9. The Morgan fingerprint density at radius 2 is 1.89 bits per heavy atom. The van der Waals surface area contributed by atoms with Crippen molar-refractivity contribution >= 4 is 46.7 Å². The predicted molar refractivity (Wildman–Crippen MR) is 82.5 cm³/mol. The number of amides is 2. The summed E-state index contributed by atoms with van der Waals surface area (Å²) in [6.45, 7) is 0.771. The molecule has 0 aliphatic carbocycles. The van der Waals surface area contributed by atoms with Crippen LogP contribution in [0, 0.1) is 0 Å². The highest BCUT2D eigenvalue weighted by molar-refractivity contribution is 7.99. The fourth-order valence-electron chi connectivity index (χ4n) is 1.31. The second-order valence-corrected chi connectivity index (χ2v) is 5.83. The van der Waals surface area contributed by atoms with Crippen molar-refractivity contribution in [2.75, 3.05) is 30.0 Å². The van der Waals surface area contributed by atoms with E-state index in [1.54, 1.807) is 30.0 Å². The van der Waals surface area contributed by atoms with Crippen molar-refractivity contribution in [3.8, 4) is 0 Å². The highest BCUT2D eigenvalue weighted by Crippen LogP contribution is 2.22. The average molecular weight is 323 g/mol. The van der Waals surface area contributed by atoms with Gasteiger partial charge in [-0.2, -0.15) is 11.8 Å². The molecule has 1 aromatic rings. The van der Waals surface area contributed by atoms with E-state index in [-0.39, 0.29) is 12.6 Å². The first kappa shape index (κ1) is 16.4. The number of urea groups is 1. The Hall–Kier alpha value is -0.620. The zero-order valence-corrected chi connectivity index (χ0v) is 12.6. The van der Waals surface area contributed by atoms with Gasteiger partial charge in [0.05, 0.1) is 0 Å². The third-order valence-electron chi connectivity index (χ3n) is 2.10. The highest BCUT2D eigenvalue weighted by Gasteiger charge is 2.03. The van der Waals surface area contributed by atoms with Gasteiger partial charge in [0.2, 0.25) is 0 Å². The van der Waals surface area contributed by atoms with Gasteiger partial charge in [0, 0.05) is 34.6 Å². The minimum absolute atomic E-state index is 0.205. The van der Waals surface area contributed by atoms with Gasteiger partial charge >= 0.3 is 6.03 Å². The van der Waals surface area contributed by atoms with E-state index in [1.165, 1.54) is 0 Å². The van der Waals surface area contributed by atoms with Crippen LogP contribution in [0.25, 0.3) is 0 Å². The molecule has 0 saturated carbocycles. The van der Waals surface area contributed by atoms with E-state index in [4.69, 9.17) is 28.3 Å². The molecule has 106 valence electrons. The molecule has 1 rings (SSSR count). The Kier molecular flexibility index (Phi) is 8.05. The van der Waals surface area contributed by atoms with Crippen molar-refractivity contribution < 1.29 is 9.90 Å². The monoisotopic (exact) mass is 322 g/mol. The minimum Gasteiger partial charge on any atom is -0.396 e. The van der Waals surface area contributed by atoms with Crippen molar-refractivity contribution in [1.29, 1.82) is 0 Å². The third kappa shape index (κ3) is 7.52. The molecule has 0 unspecified atom stereocenters. The van der Waals surface area contributed by atoms with Gasteiger partial charge in [-0.3, -0.25) is 0 Å². The quantitative estimate of drug-likeness (QED) is 0.675. The Morgan fingerprint density at radius 3 is 2.53 bits per heavy atom. The number of nitrogens with one attached hydrogen (secondary N) is 2. The van der Waals surface area contributed by atoms with Crippen LogP contribution < -0.4 is 10.6 Å². The number of carbonyl (C=O) groups is 1. The van der Waals surface area contributed by atoms with Crippen LogP contribution >= 0.6 is 35.0 Å². The van der Waals surface area contributed by atoms with Gasteiger partial charge < -0.3 is 15.7 Å². The molecule has 0 fully saturated rings. The molecular formula is C12H16Cl2N2O2S. The number of carbonyl (C=O) groups excluding carboxylic acids is 1. The number of aliphatic hydroxyl groups is 1. The number of thioether (sulfide) groups is 1. The number of rotatable bonds is 7. The van der Waals surface area contributed by atoms with E-state index in [2.05, 4.69) is 10.6 Å². The SMILES string of the molecule is O=C(NCCSCCCO)Nc1cc(Cl)cc(Cl)c1. The van der Waals surface area contributed by atoms with Gasteiger partial charge in [0.15, 0.2) is 0 Å². The minimum atomic E-state index is -0.291. The number of anilines is 1. The molecule has 1 aromatic carbocycles. The van der Waals surface area contributed by atoms with Crippen molar-refractivity contribution in [2.45, 2.75) is 6.42 Å². The summed E-state index contributed by atoms with van der Waals surface area (Å²) in [4.78, 5) is 11.6. The van der Waals surface area contributed by atoms with Crippen LogP contribution in [0.15, 0.2) is 18.2 Å². The Bertz CT molecular complexity index is 398. The van der Waals surface area contributed by atoms with E-state index in [0.29, 0.717) is 22.3 Å². The fraction of sp³-hybridized carbons (Fsp3) is 0.417. The zero-order chi connectivity index (χ0) is 14.1. The van der Waals surface area contributed by atoms with Crippen molar-refractivity contribution in [1.82, 2.24) is 5.32 Å². The molecule has 0 bridgehead atoms. The second-order valence-electron chi connectivity index (χ2n) is 3.73. The van der Waals surface area contributed by atoms with E-state index in [1.807, 2.05) is 0 Å². The molecule has 0 aromatic heterocycles. The Labute approximate surface area is 126 Å². The molecule has 0 heterocycles. The van der Waals surface area contributed by atoms with Crippen molar-refractivity contribution in [2.24, 2.45) is 0 Å². The van der Waals surface area contributed by atoms with Crippen LogP contribution in [0.4, 0.5) is 10.5 Å². The average Bonchev–Trinajstić information content (AvgIpc) is 2.32. The smallest absolute Gasteiger partial charge is 0.319 e. The largest absolute Gasteiger partial charge is 0.396 e. The second kappa shape index (κ2) is 9.31. The van der Waals surface area contributed by atoms with Crippen LogP contribution in [-0.4, -0.2) is 35.8 Å². The van der Waals surface area contributed by atoms with E-state index in [0.717, 1.165) is 17.9 Å². The number of benzene rings is 1. The maximum absolute atomic E-state index is 11.6. The molecule has 0 spiro atoms. The lowest BCUT2D eigenvalue weighted by Crippen LogP contribution is -2.30. The van der Waals surface area contributed by atoms with E-state index < -0.39 is 0 Å². The molecule has 19 heavy (non-hydrogen) atoms. The predicted octanol–water partition coefficient (Wildman–Crippen LogP) is 3.23. The number of hydrogen-bond donors (Lipinski definition) is 3. The summed E-state index contributed by atoms with van der Waals surface area (Å²) in [5.74, 6) is 1.70. The molecule has 0 radical (unpaired) electrons. The molecule has 7 heteroatoms. The van der Waals surface area contributed by atoms with Crippen LogP contribution in [0.5, 0.6) is 0 Å². The van der Waals surface area contributed by atoms with Crippen LogP contribution in [0.2, 0.25) is 10.0 Å². The van der Waals surface area contributed by atoms with Crippen LogP contribution in [0.1, 0.15) is 6.42 Å². The third-order valence-corrected chi connectivity index (χ3v) is 3.61. The first-order valence-electron chi connectivity index (χ1n) is 5.81. The topological polar surface area (TPSA) is 61.4 Å². The summed E-state index contributed by atoms with van der Waals surface area (Å²) >= 11 is 13.3. The lowest BCUT2D eigenvalue weighted by Gasteiger charge is -2.08. The summed E-state index contributed by atoms with van der Waals surface area (Å²) in [5.41, 5.74) is 0.558. The van der Waals surface area contributed by atoms with Gasteiger partial charge in [0.1, 0.15) is 0 Å². The van der Waals surface area contributed by atoms with Crippen molar-refractivity contribution in [3.63, 3.8) is 0 Å². The first-order valence-corrected chi connectivity index (χ1v) is 7.72. The first-order chi connectivity index (χ1) is 9.11. The maximum Gasteiger partial charge on any atom is 0.319 e. The summed E-state index contributed by atoms with van der Waals surface area (Å²) < 4.78 is 0. The van der Waals surface area contributed by atoms with Crippen molar-refractivity contribution in [3.05, 3.63) is 28.2 Å². The lowest BCUT2D eigenvalue weighted by molar-refractivity contribution is 0.252. The number of halogens is 2. The number of aliphatic hydroxyl groups excluding tert-OH is 1. The molecule has 0 aliphatic heterocycles. The number of hydrogen-bond acceptors (Lipinski definition) is 3. The summed E-state index contributed by atoms with van der Waals surface area (Å²) in [6, 6.07) is 4.57. The van der Waals surface area contributed by atoms with E-state index in [9.17, 15) is 4.79 Å². The Morgan fingerprint density at radius 1 is 1.21 bits per heavy atom. The molecule has 4 nitrogen and oxygen atoms in total. The normalized spacial score (nSPS) is 10.3.